The van der Waals surface area contributed by atoms with Crippen molar-refractivity contribution >= 4 is 27.9 Å². The van der Waals surface area contributed by atoms with Crippen molar-refractivity contribution in [1.82, 2.24) is 19.0 Å². The number of carbonyl (C=O) groups is 1. The van der Waals surface area contributed by atoms with Crippen molar-refractivity contribution in [1.29, 1.82) is 0 Å². The second-order valence-electron chi connectivity index (χ2n) is 9.37. The molecule has 8 heteroatoms. The Morgan fingerprint density at radius 2 is 1.78 bits per heavy atom. The highest BCUT2D eigenvalue weighted by Crippen LogP contribution is 2.28. The molecule has 1 N–H and O–H groups in total. The van der Waals surface area contributed by atoms with Crippen molar-refractivity contribution in [2.45, 2.75) is 44.7 Å². The summed E-state index contributed by atoms with van der Waals surface area (Å²) in [5, 5.41) is 11.5. The number of aryl methyl sites for hydroxylation is 1. The van der Waals surface area contributed by atoms with E-state index in [4.69, 9.17) is 9.72 Å². The minimum atomic E-state index is -0.320. The number of likely N-dealkylation sites (tertiary alicyclic amines) is 1. The van der Waals surface area contributed by atoms with Crippen LogP contribution in [0.4, 0.5) is 4.79 Å². The first-order chi connectivity index (χ1) is 17.6. The maximum atomic E-state index is 13.9. The number of pyridine rings is 1. The minimum Gasteiger partial charge on any atom is -0.453 e. The number of fused-ring (bicyclic) bond motifs is 2. The first-order valence-electron chi connectivity index (χ1n) is 12.6. The van der Waals surface area contributed by atoms with Gasteiger partial charge in [0.2, 0.25) is 0 Å². The second-order valence-corrected chi connectivity index (χ2v) is 9.37. The van der Waals surface area contributed by atoms with Crippen molar-refractivity contribution in [3.8, 4) is 0 Å². The van der Waals surface area contributed by atoms with Crippen LogP contribution in [0.1, 0.15) is 43.0 Å². The Labute approximate surface area is 209 Å². The zero-order valence-corrected chi connectivity index (χ0v) is 20.6. The fraction of sp³-hybridized carbons (Fsp3) is 0.393. The van der Waals surface area contributed by atoms with E-state index in [1.54, 1.807) is 4.90 Å². The average Bonchev–Trinajstić information content (AvgIpc) is 3.20. The number of methoxy groups -OCH3 is 1. The fourth-order valence-corrected chi connectivity index (χ4v) is 5.42. The molecule has 0 aliphatic carbocycles. The Bertz CT molecular complexity index is 1430. The Hall–Kier alpha value is -3.65. The number of carbonyl (C=O) groups excluding carboxylic acids is 1. The number of benzene rings is 2. The quantitative estimate of drug-likeness (QED) is 0.395. The minimum absolute atomic E-state index is 0.0122. The first kappa shape index (κ1) is 24.1. The molecule has 1 aliphatic rings. The van der Waals surface area contributed by atoms with E-state index in [9.17, 15) is 14.7 Å². The molecule has 0 radical (unpaired) electrons. The summed E-state index contributed by atoms with van der Waals surface area (Å²) < 4.78 is 8.59. The summed E-state index contributed by atoms with van der Waals surface area (Å²) in [5.41, 5.74) is 3.76. The van der Waals surface area contributed by atoms with Gasteiger partial charge in [-0.3, -0.25) is 14.1 Å². The number of aromatic nitrogens is 3. The van der Waals surface area contributed by atoms with Crippen LogP contribution in [0, 0.1) is 0 Å². The Balaban J connectivity index is 1.53. The molecule has 1 aliphatic heterocycles. The van der Waals surface area contributed by atoms with Crippen LogP contribution >= 0.6 is 0 Å². The number of para-hydroxylation sites is 2. The summed E-state index contributed by atoms with van der Waals surface area (Å²) >= 11 is 0. The molecule has 36 heavy (non-hydrogen) atoms. The maximum Gasteiger partial charge on any atom is 0.409 e. The highest BCUT2D eigenvalue weighted by Gasteiger charge is 2.28. The number of rotatable bonds is 7. The van der Waals surface area contributed by atoms with Crippen LogP contribution in [0.25, 0.3) is 21.8 Å². The third kappa shape index (κ3) is 4.48. The molecule has 0 atom stereocenters. The third-order valence-electron chi connectivity index (χ3n) is 7.27. The summed E-state index contributed by atoms with van der Waals surface area (Å²) in [6, 6.07) is 16.1. The van der Waals surface area contributed by atoms with Gasteiger partial charge in [-0.2, -0.15) is 0 Å². The van der Waals surface area contributed by atoms with E-state index < -0.39 is 0 Å². The van der Waals surface area contributed by atoms with E-state index in [2.05, 4.69) is 12.1 Å². The lowest BCUT2D eigenvalue weighted by Crippen LogP contribution is -2.41. The first-order valence-corrected chi connectivity index (χ1v) is 12.6. The topological polar surface area (TPSA) is 89.6 Å². The van der Waals surface area contributed by atoms with Gasteiger partial charge in [0.05, 0.1) is 30.4 Å². The van der Waals surface area contributed by atoms with Crippen LogP contribution in [0.3, 0.4) is 0 Å². The lowest BCUT2D eigenvalue weighted by Gasteiger charge is -2.31. The molecule has 3 heterocycles. The Morgan fingerprint density at radius 1 is 1.06 bits per heavy atom. The van der Waals surface area contributed by atoms with Gasteiger partial charge in [-0.15, -0.1) is 0 Å². The third-order valence-corrected chi connectivity index (χ3v) is 7.27. The molecule has 8 nitrogen and oxygen atoms in total. The van der Waals surface area contributed by atoms with Crippen LogP contribution < -0.4 is 5.69 Å². The number of ether oxygens (including phenoxy) is 1. The van der Waals surface area contributed by atoms with Crippen molar-refractivity contribution in [2.24, 2.45) is 0 Å². The average molecular weight is 489 g/mol. The number of amides is 1. The van der Waals surface area contributed by atoms with Gasteiger partial charge in [0.25, 0.3) is 0 Å². The van der Waals surface area contributed by atoms with Crippen LogP contribution in [-0.4, -0.2) is 57.0 Å². The SMILES string of the molecule is COC(=O)N1CCC(n2c(=O)n(Cc3ncc4ccccc4c3CCCCO)c3ccccc32)CC1. The number of piperidine rings is 1. The van der Waals surface area contributed by atoms with E-state index in [1.807, 2.05) is 51.7 Å². The number of hydrogen-bond acceptors (Lipinski definition) is 5. The number of aliphatic hydroxyl groups is 1. The van der Waals surface area contributed by atoms with Gasteiger partial charge in [-0.05, 0) is 55.2 Å². The van der Waals surface area contributed by atoms with E-state index >= 15 is 0 Å². The lowest BCUT2D eigenvalue weighted by molar-refractivity contribution is 0.107. The summed E-state index contributed by atoms with van der Waals surface area (Å²) in [6.07, 6.45) is 5.34. The van der Waals surface area contributed by atoms with E-state index in [0.717, 1.165) is 52.3 Å². The molecular formula is C28H32N4O4. The molecule has 188 valence electrons. The van der Waals surface area contributed by atoms with Gasteiger partial charge in [-0.25, -0.2) is 9.59 Å². The van der Waals surface area contributed by atoms with Crippen molar-refractivity contribution in [3.05, 3.63) is 76.5 Å². The standard InChI is InChI=1S/C28H32N4O4/c1-36-28(35)30-15-13-21(14-16-30)32-26-12-5-4-11-25(26)31(27(32)34)19-24-23(10-6-7-17-33)22-9-3-2-8-20(22)18-29-24/h2-5,8-9,11-12,18,21,33H,6-7,10,13-17,19H2,1H3. The zero-order valence-electron chi connectivity index (χ0n) is 20.6. The Kier molecular flexibility index (Phi) is 7.04. The molecule has 4 aromatic rings. The van der Waals surface area contributed by atoms with Gasteiger partial charge in [0, 0.05) is 37.3 Å². The summed E-state index contributed by atoms with van der Waals surface area (Å²) in [5.74, 6) is 0. The summed E-state index contributed by atoms with van der Waals surface area (Å²) in [4.78, 5) is 32.3. The molecule has 1 fully saturated rings. The van der Waals surface area contributed by atoms with Crippen LogP contribution in [0.2, 0.25) is 0 Å². The molecule has 1 saturated heterocycles. The maximum absolute atomic E-state index is 13.9. The number of unbranched alkanes of at least 4 members (excludes halogenated alkanes) is 1. The van der Waals surface area contributed by atoms with Crippen LogP contribution in [0.5, 0.6) is 0 Å². The molecule has 2 aromatic heterocycles. The van der Waals surface area contributed by atoms with Gasteiger partial charge >= 0.3 is 11.8 Å². The van der Waals surface area contributed by atoms with E-state index in [0.29, 0.717) is 32.5 Å². The largest absolute Gasteiger partial charge is 0.453 e. The van der Waals surface area contributed by atoms with E-state index in [-0.39, 0.29) is 24.4 Å². The summed E-state index contributed by atoms with van der Waals surface area (Å²) in [6.45, 7) is 1.66. The van der Waals surface area contributed by atoms with Crippen molar-refractivity contribution in [3.63, 3.8) is 0 Å². The molecular weight excluding hydrogens is 456 g/mol. The molecule has 2 aromatic carbocycles. The molecule has 0 bridgehead atoms. The number of aliphatic hydroxyl groups excluding tert-OH is 1. The second kappa shape index (κ2) is 10.5. The van der Waals surface area contributed by atoms with E-state index in [1.165, 1.54) is 7.11 Å². The van der Waals surface area contributed by atoms with Crippen LogP contribution in [-0.2, 0) is 17.7 Å². The highest BCUT2D eigenvalue weighted by atomic mass is 16.5. The van der Waals surface area contributed by atoms with Crippen molar-refractivity contribution < 1.29 is 14.6 Å². The van der Waals surface area contributed by atoms with Gasteiger partial charge in [0.1, 0.15) is 0 Å². The van der Waals surface area contributed by atoms with Crippen molar-refractivity contribution in [2.75, 3.05) is 26.8 Å². The van der Waals surface area contributed by atoms with Crippen LogP contribution in [0.15, 0.2) is 59.5 Å². The predicted molar refractivity (Wildman–Crippen MR) is 139 cm³/mol. The molecule has 0 unspecified atom stereocenters. The molecule has 0 saturated carbocycles. The van der Waals surface area contributed by atoms with Gasteiger partial charge in [0.15, 0.2) is 0 Å². The molecule has 5 rings (SSSR count). The number of hydrogen-bond donors (Lipinski definition) is 1. The van der Waals surface area contributed by atoms with Gasteiger partial charge in [-0.1, -0.05) is 36.4 Å². The number of imidazole rings is 1. The smallest absolute Gasteiger partial charge is 0.409 e. The zero-order chi connectivity index (χ0) is 25.1. The van der Waals surface area contributed by atoms with Gasteiger partial charge < -0.3 is 14.7 Å². The highest BCUT2D eigenvalue weighted by molar-refractivity contribution is 5.85. The predicted octanol–water partition coefficient (Wildman–Crippen LogP) is 4.12. The summed E-state index contributed by atoms with van der Waals surface area (Å²) in [7, 11) is 1.39. The molecule has 1 amide bonds. The monoisotopic (exact) mass is 488 g/mol. The molecule has 0 spiro atoms. The normalized spacial score (nSPS) is 14.6. The Morgan fingerprint density at radius 3 is 2.53 bits per heavy atom. The number of nitrogens with zero attached hydrogens (tertiary/aromatic N) is 4. The fourth-order valence-electron chi connectivity index (χ4n) is 5.42. The lowest BCUT2D eigenvalue weighted by atomic mass is 9.99.